The molecule has 0 spiro atoms. The maximum Gasteiger partial charge on any atom is 0.338 e. The SMILES string of the molecule is CCCCCC(C)COC(=O)c1ccc(C(=O)OCC(C)CCCCC)cc1. The molecule has 1 aromatic carbocycles. The van der Waals surface area contributed by atoms with Crippen molar-refractivity contribution < 1.29 is 19.1 Å². The summed E-state index contributed by atoms with van der Waals surface area (Å²) in [6, 6.07) is 6.52. The predicted octanol–water partition coefficient (Wildman–Crippen LogP) is 6.43. The van der Waals surface area contributed by atoms with Crippen LogP contribution in [0.4, 0.5) is 0 Å². The molecule has 0 saturated heterocycles. The van der Waals surface area contributed by atoms with Gasteiger partial charge in [-0.2, -0.15) is 0 Å². The van der Waals surface area contributed by atoms with Gasteiger partial charge in [-0.3, -0.25) is 0 Å². The third-order valence-electron chi connectivity index (χ3n) is 4.96. The van der Waals surface area contributed by atoms with Crippen LogP contribution in [0.1, 0.15) is 99.8 Å². The summed E-state index contributed by atoms with van der Waals surface area (Å²) in [5, 5.41) is 0. The first kappa shape index (κ1) is 24.2. The highest BCUT2D eigenvalue weighted by Gasteiger charge is 2.13. The number of carbonyl (C=O) groups is 2. The Hall–Kier alpha value is -1.84. The molecule has 0 bridgehead atoms. The Labute approximate surface area is 171 Å². The van der Waals surface area contributed by atoms with E-state index in [1.54, 1.807) is 24.3 Å². The van der Waals surface area contributed by atoms with Crippen molar-refractivity contribution in [1.29, 1.82) is 0 Å². The van der Waals surface area contributed by atoms with E-state index in [2.05, 4.69) is 27.7 Å². The number of unbranched alkanes of at least 4 members (excludes halogenated alkanes) is 4. The number of esters is 2. The molecule has 0 amide bonds. The Morgan fingerprint density at radius 3 is 1.39 bits per heavy atom. The van der Waals surface area contributed by atoms with Crippen LogP contribution in [0.2, 0.25) is 0 Å². The molecule has 0 aliphatic heterocycles. The lowest BCUT2D eigenvalue weighted by Crippen LogP contribution is -2.14. The van der Waals surface area contributed by atoms with Gasteiger partial charge in [-0.15, -0.1) is 0 Å². The lowest BCUT2D eigenvalue weighted by atomic mass is 10.0. The highest BCUT2D eigenvalue weighted by Crippen LogP contribution is 2.14. The predicted molar refractivity (Wildman–Crippen MR) is 114 cm³/mol. The molecule has 158 valence electrons. The number of hydrogen-bond acceptors (Lipinski definition) is 4. The molecule has 0 radical (unpaired) electrons. The molecule has 28 heavy (non-hydrogen) atoms. The molecule has 1 aromatic rings. The zero-order chi connectivity index (χ0) is 20.8. The Morgan fingerprint density at radius 2 is 1.07 bits per heavy atom. The summed E-state index contributed by atoms with van der Waals surface area (Å²) in [5.41, 5.74) is 0.926. The Morgan fingerprint density at radius 1 is 0.714 bits per heavy atom. The van der Waals surface area contributed by atoms with Crippen molar-refractivity contribution in [1.82, 2.24) is 0 Å². The van der Waals surface area contributed by atoms with Crippen molar-refractivity contribution >= 4 is 11.9 Å². The van der Waals surface area contributed by atoms with Gasteiger partial charge in [-0.25, -0.2) is 9.59 Å². The topological polar surface area (TPSA) is 52.6 Å². The molecule has 0 aromatic heterocycles. The minimum Gasteiger partial charge on any atom is -0.462 e. The molecule has 0 fully saturated rings. The van der Waals surface area contributed by atoms with E-state index < -0.39 is 0 Å². The van der Waals surface area contributed by atoms with E-state index in [1.807, 2.05) is 0 Å². The van der Waals surface area contributed by atoms with Crippen molar-refractivity contribution in [3.05, 3.63) is 35.4 Å². The molecule has 2 atom stereocenters. The van der Waals surface area contributed by atoms with Crippen LogP contribution in [0.15, 0.2) is 24.3 Å². The van der Waals surface area contributed by atoms with E-state index in [-0.39, 0.29) is 11.9 Å². The maximum atomic E-state index is 12.2. The van der Waals surface area contributed by atoms with Gasteiger partial charge in [0.05, 0.1) is 24.3 Å². The van der Waals surface area contributed by atoms with Gasteiger partial charge >= 0.3 is 11.9 Å². The lowest BCUT2D eigenvalue weighted by molar-refractivity contribution is 0.0429. The number of ether oxygens (including phenoxy) is 2. The van der Waals surface area contributed by atoms with Gasteiger partial charge in [0.25, 0.3) is 0 Å². The van der Waals surface area contributed by atoms with Crippen molar-refractivity contribution in [2.24, 2.45) is 11.8 Å². The highest BCUT2D eigenvalue weighted by atomic mass is 16.5. The van der Waals surface area contributed by atoms with Crippen LogP contribution in [0.5, 0.6) is 0 Å². The molecule has 0 aliphatic carbocycles. The van der Waals surface area contributed by atoms with Gasteiger partial charge in [0.1, 0.15) is 0 Å². The fraction of sp³-hybridized carbons (Fsp3) is 0.667. The van der Waals surface area contributed by atoms with Crippen LogP contribution in [-0.4, -0.2) is 25.2 Å². The number of carbonyl (C=O) groups excluding carboxylic acids is 2. The van der Waals surface area contributed by atoms with Crippen LogP contribution in [-0.2, 0) is 9.47 Å². The number of hydrogen-bond donors (Lipinski definition) is 0. The molecule has 4 nitrogen and oxygen atoms in total. The lowest BCUT2D eigenvalue weighted by Gasteiger charge is -2.13. The summed E-state index contributed by atoms with van der Waals surface area (Å²) in [6.07, 6.45) is 9.30. The second kappa shape index (κ2) is 14.2. The first-order valence-electron chi connectivity index (χ1n) is 10.9. The van der Waals surface area contributed by atoms with Crippen molar-refractivity contribution in [3.63, 3.8) is 0 Å². The van der Waals surface area contributed by atoms with Crippen LogP contribution < -0.4 is 0 Å². The molecule has 0 heterocycles. The van der Waals surface area contributed by atoms with Gasteiger partial charge < -0.3 is 9.47 Å². The number of benzene rings is 1. The summed E-state index contributed by atoms with van der Waals surface area (Å²) in [4.78, 5) is 24.3. The van der Waals surface area contributed by atoms with Gasteiger partial charge in [-0.1, -0.05) is 66.2 Å². The third-order valence-corrected chi connectivity index (χ3v) is 4.96. The van der Waals surface area contributed by atoms with Crippen molar-refractivity contribution in [2.45, 2.75) is 79.1 Å². The number of rotatable bonds is 14. The highest BCUT2D eigenvalue weighted by molar-refractivity contribution is 5.93. The van der Waals surface area contributed by atoms with Gasteiger partial charge in [0.2, 0.25) is 0 Å². The monoisotopic (exact) mass is 390 g/mol. The van der Waals surface area contributed by atoms with E-state index in [0.29, 0.717) is 36.2 Å². The normalized spacial score (nSPS) is 13.0. The fourth-order valence-corrected chi connectivity index (χ4v) is 3.00. The second-order valence-corrected chi connectivity index (χ2v) is 7.98. The van der Waals surface area contributed by atoms with E-state index in [0.717, 1.165) is 12.8 Å². The first-order chi connectivity index (χ1) is 13.5. The summed E-state index contributed by atoms with van der Waals surface area (Å²) >= 11 is 0. The summed E-state index contributed by atoms with van der Waals surface area (Å²) in [5.74, 6) is 0.0479. The zero-order valence-electron chi connectivity index (χ0n) is 18.2. The fourth-order valence-electron chi connectivity index (χ4n) is 3.00. The molecule has 0 aliphatic rings. The standard InChI is InChI=1S/C24H38O4/c1-5-7-9-11-19(3)17-27-23(25)21-13-15-22(16-14-21)24(26)28-18-20(4)12-10-8-6-2/h13-16,19-20H,5-12,17-18H2,1-4H3. The van der Waals surface area contributed by atoms with Crippen LogP contribution in [0.25, 0.3) is 0 Å². The molecule has 0 saturated carbocycles. The molecule has 2 unspecified atom stereocenters. The van der Waals surface area contributed by atoms with Crippen LogP contribution >= 0.6 is 0 Å². The Kier molecular flexibility index (Phi) is 12.3. The Balaban J connectivity index is 2.38. The van der Waals surface area contributed by atoms with E-state index in [4.69, 9.17) is 9.47 Å². The largest absolute Gasteiger partial charge is 0.462 e. The maximum absolute atomic E-state index is 12.2. The third kappa shape index (κ3) is 9.91. The summed E-state index contributed by atoms with van der Waals surface area (Å²) < 4.78 is 10.8. The average Bonchev–Trinajstić information content (AvgIpc) is 2.70. The minimum absolute atomic E-state index is 0.341. The van der Waals surface area contributed by atoms with Crippen LogP contribution in [0.3, 0.4) is 0 Å². The van der Waals surface area contributed by atoms with Crippen molar-refractivity contribution in [2.75, 3.05) is 13.2 Å². The van der Waals surface area contributed by atoms with E-state index in [9.17, 15) is 9.59 Å². The molecule has 0 N–H and O–H groups in total. The van der Waals surface area contributed by atoms with Gasteiger partial charge in [0.15, 0.2) is 0 Å². The van der Waals surface area contributed by atoms with Crippen LogP contribution in [0, 0.1) is 11.8 Å². The smallest absolute Gasteiger partial charge is 0.338 e. The average molecular weight is 391 g/mol. The Bertz CT molecular complexity index is 513. The van der Waals surface area contributed by atoms with Gasteiger partial charge in [-0.05, 0) is 48.9 Å². The van der Waals surface area contributed by atoms with E-state index >= 15 is 0 Å². The molecular formula is C24H38O4. The first-order valence-corrected chi connectivity index (χ1v) is 10.9. The zero-order valence-corrected chi connectivity index (χ0v) is 18.2. The van der Waals surface area contributed by atoms with Gasteiger partial charge in [0, 0.05) is 0 Å². The molecule has 1 rings (SSSR count). The van der Waals surface area contributed by atoms with E-state index in [1.165, 1.54) is 38.5 Å². The molecular weight excluding hydrogens is 352 g/mol. The minimum atomic E-state index is -0.341. The summed E-state index contributed by atoms with van der Waals surface area (Å²) in [7, 11) is 0. The molecule has 4 heteroatoms. The quantitative estimate of drug-likeness (QED) is 0.271. The second-order valence-electron chi connectivity index (χ2n) is 7.98. The van der Waals surface area contributed by atoms with Crippen molar-refractivity contribution in [3.8, 4) is 0 Å². The summed E-state index contributed by atoms with van der Waals surface area (Å²) in [6.45, 7) is 9.43.